The minimum absolute atomic E-state index is 0.135. The molecule has 1 saturated heterocycles. The first-order chi connectivity index (χ1) is 20.2. The van der Waals surface area contributed by atoms with Crippen molar-refractivity contribution in [3.05, 3.63) is 17.8 Å². The maximum atomic E-state index is 13.3. The summed E-state index contributed by atoms with van der Waals surface area (Å²) in [5.74, 6) is 5.27. The molecule has 4 aliphatic carbocycles. The monoisotopic (exact) mass is 580 g/mol. The fourth-order valence-electron chi connectivity index (χ4n) is 10.3. The van der Waals surface area contributed by atoms with Gasteiger partial charge in [0.2, 0.25) is 5.91 Å². The number of nitrogens with zero attached hydrogens (tertiary/aromatic N) is 4. The molecule has 3 saturated carbocycles. The Kier molecular flexibility index (Phi) is 8.22. The van der Waals surface area contributed by atoms with Crippen LogP contribution in [-0.2, 0) is 4.79 Å². The number of carbonyl (C=O) groups excluding carboxylic acids is 1. The first kappa shape index (κ1) is 29.7. The van der Waals surface area contributed by atoms with Crippen LogP contribution in [0.4, 0.5) is 5.82 Å². The van der Waals surface area contributed by atoms with Crippen molar-refractivity contribution >= 4 is 11.7 Å². The predicted octanol–water partition coefficient (Wildman–Crippen LogP) is 5.50. The van der Waals surface area contributed by atoms with Crippen LogP contribution in [0.1, 0.15) is 85.0 Å². The third-order valence-corrected chi connectivity index (χ3v) is 12.7. The summed E-state index contributed by atoms with van der Waals surface area (Å²) in [6.45, 7) is 10.4. The van der Waals surface area contributed by atoms with Gasteiger partial charge in [-0.2, -0.15) is 9.97 Å². The van der Waals surface area contributed by atoms with Crippen molar-refractivity contribution < 1.29 is 19.4 Å². The first-order valence-electron chi connectivity index (χ1n) is 16.5. The molecule has 1 aromatic heterocycles. The van der Waals surface area contributed by atoms with Gasteiger partial charge in [-0.25, -0.2) is 0 Å². The zero-order valence-electron chi connectivity index (χ0n) is 26.5. The van der Waals surface area contributed by atoms with E-state index in [-0.39, 0.29) is 12.0 Å². The summed E-state index contributed by atoms with van der Waals surface area (Å²) in [5.41, 5.74) is 2.25. The zero-order valence-corrected chi connectivity index (χ0v) is 26.5. The highest BCUT2D eigenvalue weighted by Crippen LogP contribution is 2.67. The van der Waals surface area contributed by atoms with Crippen LogP contribution < -0.4 is 14.4 Å². The Hall–Kier alpha value is -2.35. The van der Waals surface area contributed by atoms with Crippen LogP contribution in [0.15, 0.2) is 17.8 Å². The molecule has 5 aliphatic rings. The average molecular weight is 581 g/mol. The van der Waals surface area contributed by atoms with Gasteiger partial charge >= 0.3 is 6.01 Å². The van der Waals surface area contributed by atoms with Crippen LogP contribution in [-0.4, -0.2) is 72.4 Å². The summed E-state index contributed by atoms with van der Waals surface area (Å²) >= 11 is 0. The largest absolute Gasteiger partial charge is 0.491 e. The molecule has 0 radical (unpaired) electrons. The van der Waals surface area contributed by atoms with Gasteiger partial charge in [0.05, 0.1) is 26.5 Å². The molecule has 0 spiro atoms. The summed E-state index contributed by atoms with van der Waals surface area (Å²) in [7, 11) is 3.19. The summed E-state index contributed by atoms with van der Waals surface area (Å²) < 4.78 is 10.7. The molecule has 1 aliphatic heterocycles. The van der Waals surface area contributed by atoms with E-state index in [1.165, 1.54) is 32.1 Å². The van der Waals surface area contributed by atoms with Gasteiger partial charge in [0.1, 0.15) is 0 Å². The smallest absolute Gasteiger partial charge is 0.318 e. The second kappa shape index (κ2) is 11.6. The standard InChI is InChI=1S/C34H52N4O4/c1-22(6-11-30(40)37-16-18-38(19-17-37)31-29(41-4)21-35-32(36-31)42-5)26-9-10-27-25-8-7-23-20-24(39)12-14-33(23,2)28(25)13-15-34(26,27)3/h7,21-22,24-28,39H,6,8-20H2,1-5H3/t22?,24-,25-,26+,27-,28-,33-,34+/m0/s1. The van der Waals surface area contributed by atoms with Crippen molar-refractivity contribution in [2.75, 3.05) is 45.3 Å². The maximum Gasteiger partial charge on any atom is 0.318 e. The SMILES string of the molecule is COc1ncc(OC)c(N2CCN(C(=O)CCC(C)[C@H]3CC[C@H]4[C@@H]5CC=C6C[C@@H](O)CC[C@]6(C)[C@H]5CC[C@]34C)CC2)n1. The molecule has 2 heterocycles. The summed E-state index contributed by atoms with van der Waals surface area (Å²) in [6, 6.07) is 0.322. The van der Waals surface area contributed by atoms with E-state index >= 15 is 0 Å². The third-order valence-electron chi connectivity index (χ3n) is 12.7. The molecule has 8 atom stereocenters. The number of rotatable bonds is 7. The number of amides is 1. The first-order valence-corrected chi connectivity index (χ1v) is 16.5. The molecular formula is C34H52N4O4. The minimum atomic E-state index is -0.135. The van der Waals surface area contributed by atoms with E-state index in [0.717, 1.165) is 62.3 Å². The molecular weight excluding hydrogens is 528 g/mol. The fourth-order valence-corrected chi connectivity index (χ4v) is 10.3. The molecule has 232 valence electrons. The molecule has 1 unspecified atom stereocenters. The van der Waals surface area contributed by atoms with Crippen molar-refractivity contribution in [3.8, 4) is 11.8 Å². The zero-order chi connectivity index (χ0) is 29.6. The van der Waals surface area contributed by atoms with Gasteiger partial charge in [-0.3, -0.25) is 4.79 Å². The van der Waals surface area contributed by atoms with E-state index in [4.69, 9.17) is 9.47 Å². The lowest BCUT2D eigenvalue weighted by atomic mass is 9.47. The molecule has 8 nitrogen and oxygen atoms in total. The van der Waals surface area contributed by atoms with Crippen molar-refractivity contribution in [2.45, 2.75) is 91.1 Å². The predicted molar refractivity (Wildman–Crippen MR) is 164 cm³/mol. The molecule has 8 heteroatoms. The molecule has 0 bridgehead atoms. The van der Waals surface area contributed by atoms with E-state index in [0.29, 0.717) is 53.9 Å². The maximum absolute atomic E-state index is 13.3. The van der Waals surface area contributed by atoms with Crippen molar-refractivity contribution in [2.24, 2.45) is 40.4 Å². The van der Waals surface area contributed by atoms with Gasteiger partial charge in [0.25, 0.3) is 0 Å². The second-order valence-corrected chi connectivity index (χ2v) is 14.5. The van der Waals surface area contributed by atoms with Gasteiger partial charge < -0.3 is 24.4 Å². The number of carbonyl (C=O) groups is 1. The van der Waals surface area contributed by atoms with Gasteiger partial charge in [-0.15, -0.1) is 0 Å². The number of hydrogen-bond donors (Lipinski definition) is 1. The van der Waals surface area contributed by atoms with Crippen LogP contribution >= 0.6 is 0 Å². The number of aliphatic hydroxyl groups is 1. The highest BCUT2D eigenvalue weighted by atomic mass is 16.5. The van der Waals surface area contributed by atoms with E-state index in [2.05, 4.69) is 41.7 Å². The Balaban J connectivity index is 1.03. The number of aromatic nitrogens is 2. The van der Waals surface area contributed by atoms with Crippen LogP contribution in [0.3, 0.4) is 0 Å². The van der Waals surface area contributed by atoms with E-state index in [9.17, 15) is 9.90 Å². The Bertz CT molecular complexity index is 1180. The molecule has 1 aromatic rings. The number of fused-ring (bicyclic) bond motifs is 5. The Morgan fingerprint density at radius 1 is 1.07 bits per heavy atom. The molecule has 1 amide bonds. The number of allylic oxidation sites excluding steroid dienone is 1. The second-order valence-electron chi connectivity index (χ2n) is 14.5. The Labute approximate surface area is 252 Å². The molecule has 4 fully saturated rings. The van der Waals surface area contributed by atoms with E-state index in [1.807, 2.05) is 4.90 Å². The topological polar surface area (TPSA) is 88.0 Å². The molecule has 42 heavy (non-hydrogen) atoms. The van der Waals surface area contributed by atoms with Crippen LogP contribution in [0.2, 0.25) is 0 Å². The number of hydrogen-bond acceptors (Lipinski definition) is 7. The molecule has 6 rings (SSSR count). The van der Waals surface area contributed by atoms with Crippen LogP contribution in [0.5, 0.6) is 11.8 Å². The number of anilines is 1. The van der Waals surface area contributed by atoms with Crippen molar-refractivity contribution in [1.82, 2.24) is 14.9 Å². The quantitative estimate of drug-likeness (QED) is 0.426. The highest BCUT2D eigenvalue weighted by molar-refractivity contribution is 5.76. The van der Waals surface area contributed by atoms with Gasteiger partial charge in [-0.1, -0.05) is 32.4 Å². The lowest BCUT2D eigenvalue weighted by molar-refractivity contribution is -0.132. The number of ether oxygens (including phenoxy) is 2. The van der Waals surface area contributed by atoms with Gasteiger partial charge in [0, 0.05) is 32.6 Å². The van der Waals surface area contributed by atoms with Crippen LogP contribution in [0, 0.1) is 40.4 Å². The van der Waals surface area contributed by atoms with Gasteiger partial charge in [0.15, 0.2) is 11.6 Å². The van der Waals surface area contributed by atoms with Crippen molar-refractivity contribution in [3.63, 3.8) is 0 Å². The molecule has 1 N–H and O–H groups in total. The minimum Gasteiger partial charge on any atom is -0.491 e. The van der Waals surface area contributed by atoms with E-state index < -0.39 is 0 Å². The summed E-state index contributed by atoms with van der Waals surface area (Å²) in [6.07, 6.45) is 15.2. The Morgan fingerprint density at radius 2 is 1.86 bits per heavy atom. The Morgan fingerprint density at radius 3 is 2.60 bits per heavy atom. The van der Waals surface area contributed by atoms with Crippen molar-refractivity contribution in [1.29, 1.82) is 0 Å². The highest BCUT2D eigenvalue weighted by Gasteiger charge is 2.59. The number of piperazine rings is 1. The number of aliphatic hydroxyl groups excluding tert-OH is 1. The molecule has 0 aromatic carbocycles. The number of methoxy groups -OCH3 is 2. The van der Waals surface area contributed by atoms with Gasteiger partial charge in [-0.05, 0) is 98.2 Å². The normalized spacial score (nSPS) is 36.8. The lowest BCUT2D eigenvalue weighted by Crippen LogP contribution is -2.51. The average Bonchev–Trinajstić information content (AvgIpc) is 3.37. The third kappa shape index (κ3) is 5.09. The summed E-state index contributed by atoms with van der Waals surface area (Å²) in [4.78, 5) is 26.2. The summed E-state index contributed by atoms with van der Waals surface area (Å²) in [5, 5.41) is 10.3. The fraction of sp³-hybridized carbons (Fsp3) is 0.794. The van der Waals surface area contributed by atoms with E-state index in [1.54, 1.807) is 26.0 Å². The van der Waals surface area contributed by atoms with Crippen LogP contribution in [0.25, 0.3) is 0 Å². The lowest BCUT2D eigenvalue weighted by Gasteiger charge is -2.58.